The summed E-state index contributed by atoms with van der Waals surface area (Å²) in [6, 6.07) is 8.82. The minimum absolute atomic E-state index is 0.00927. The van der Waals surface area contributed by atoms with Gasteiger partial charge in [-0.2, -0.15) is 5.26 Å². The average molecular weight is 275 g/mol. The third-order valence-corrected chi connectivity index (χ3v) is 2.84. The Balaban J connectivity index is 2.59. The van der Waals surface area contributed by atoms with Gasteiger partial charge in [-0.05, 0) is 36.6 Å². The number of amides is 1. The predicted octanol–water partition coefficient (Wildman–Crippen LogP) is 2.15. The molecule has 1 unspecified atom stereocenters. The van der Waals surface area contributed by atoms with Crippen LogP contribution in [0.3, 0.4) is 0 Å². The van der Waals surface area contributed by atoms with Crippen molar-refractivity contribution < 1.29 is 9.53 Å². The Morgan fingerprint density at radius 2 is 2.05 bits per heavy atom. The third-order valence-electron chi connectivity index (χ3n) is 2.84. The standard InChI is InChI=1S/C15H21N3O2/c1-11(2)9-12(10-17)15(19)18-13-3-5-14(6-4-13)20-8-7-16/h3-6,11-12H,8-10,17H2,1-2H3,(H,18,19). The number of rotatable bonds is 7. The lowest BCUT2D eigenvalue weighted by atomic mass is 9.96. The summed E-state index contributed by atoms with van der Waals surface area (Å²) in [6.45, 7) is 4.48. The summed E-state index contributed by atoms with van der Waals surface area (Å²) in [6.07, 6.45) is 0.770. The highest BCUT2D eigenvalue weighted by molar-refractivity contribution is 5.92. The van der Waals surface area contributed by atoms with Crippen molar-refractivity contribution in [2.75, 3.05) is 18.5 Å². The van der Waals surface area contributed by atoms with Crippen LogP contribution < -0.4 is 15.8 Å². The Labute approximate surface area is 119 Å². The van der Waals surface area contributed by atoms with Gasteiger partial charge in [0.2, 0.25) is 5.91 Å². The summed E-state index contributed by atoms with van der Waals surface area (Å²) < 4.78 is 5.14. The van der Waals surface area contributed by atoms with E-state index < -0.39 is 0 Å². The smallest absolute Gasteiger partial charge is 0.228 e. The first-order valence-electron chi connectivity index (χ1n) is 6.67. The van der Waals surface area contributed by atoms with Gasteiger partial charge >= 0.3 is 0 Å². The number of anilines is 1. The van der Waals surface area contributed by atoms with Crippen molar-refractivity contribution >= 4 is 11.6 Å². The maximum Gasteiger partial charge on any atom is 0.228 e. The Morgan fingerprint density at radius 3 is 2.55 bits per heavy atom. The number of carbonyl (C=O) groups excluding carboxylic acids is 1. The van der Waals surface area contributed by atoms with E-state index in [0.717, 1.165) is 6.42 Å². The lowest BCUT2D eigenvalue weighted by Crippen LogP contribution is -2.30. The lowest BCUT2D eigenvalue weighted by Gasteiger charge is -2.16. The minimum atomic E-state index is -0.176. The number of benzene rings is 1. The second-order valence-electron chi connectivity index (χ2n) is 5.02. The molecule has 1 amide bonds. The van der Waals surface area contributed by atoms with E-state index in [9.17, 15) is 4.79 Å². The van der Waals surface area contributed by atoms with Crippen LogP contribution in [-0.4, -0.2) is 19.1 Å². The van der Waals surface area contributed by atoms with Gasteiger partial charge in [-0.3, -0.25) is 4.79 Å². The van der Waals surface area contributed by atoms with Gasteiger partial charge in [0.15, 0.2) is 6.61 Å². The molecule has 108 valence electrons. The largest absolute Gasteiger partial charge is 0.479 e. The molecule has 0 aliphatic heterocycles. The number of nitrogens with two attached hydrogens (primary N) is 1. The fraction of sp³-hybridized carbons (Fsp3) is 0.467. The lowest BCUT2D eigenvalue weighted by molar-refractivity contribution is -0.120. The molecule has 1 aromatic carbocycles. The first-order valence-corrected chi connectivity index (χ1v) is 6.67. The SMILES string of the molecule is CC(C)CC(CN)C(=O)Nc1ccc(OCC#N)cc1. The number of nitrogens with one attached hydrogen (secondary N) is 1. The molecular formula is C15H21N3O2. The van der Waals surface area contributed by atoms with Gasteiger partial charge in [0, 0.05) is 12.2 Å². The van der Waals surface area contributed by atoms with E-state index >= 15 is 0 Å². The van der Waals surface area contributed by atoms with E-state index in [-0.39, 0.29) is 18.4 Å². The van der Waals surface area contributed by atoms with Crippen LogP contribution in [0.25, 0.3) is 0 Å². The van der Waals surface area contributed by atoms with E-state index in [2.05, 4.69) is 19.2 Å². The van der Waals surface area contributed by atoms with E-state index in [4.69, 9.17) is 15.7 Å². The second-order valence-corrected chi connectivity index (χ2v) is 5.02. The molecule has 1 rings (SSSR count). The van der Waals surface area contributed by atoms with Crippen LogP contribution in [0, 0.1) is 23.2 Å². The van der Waals surface area contributed by atoms with Crippen molar-refractivity contribution in [3.8, 4) is 11.8 Å². The molecule has 0 saturated carbocycles. The van der Waals surface area contributed by atoms with Crippen molar-refractivity contribution in [1.29, 1.82) is 5.26 Å². The zero-order valence-corrected chi connectivity index (χ0v) is 11.9. The van der Waals surface area contributed by atoms with Gasteiger partial charge in [0.25, 0.3) is 0 Å². The molecule has 1 atom stereocenters. The monoisotopic (exact) mass is 275 g/mol. The Hall–Kier alpha value is -2.06. The summed E-state index contributed by atoms with van der Waals surface area (Å²) in [5, 5.41) is 11.3. The van der Waals surface area contributed by atoms with Crippen LogP contribution in [0.1, 0.15) is 20.3 Å². The average Bonchev–Trinajstić information content (AvgIpc) is 2.43. The molecule has 5 nitrogen and oxygen atoms in total. The quantitative estimate of drug-likeness (QED) is 0.798. The van der Waals surface area contributed by atoms with Crippen molar-refractivity contribution in [2.24, 2.45) is 17.6 Å². The second kappa shape index (κ2) is 8.18. The first-order chi connectivity index (χ1) is 9.56. The molecule has 3 N–H and O–H groups in total. The van der Waals surface area contributed by atoms with E-state index in [1.807, 2.05) is 6.07 Å². The summed E-state index contributed by atoms with van der Waals surface area (Å²) in [5.74, 6) is 0.787. The molecule has 0 heterocycles. The van der Waals surface area contributed by atoms with Gasteiger partial charge in [-0.25, -0.2) is 0 Å². The number of nitrogens with zero attached hydrogens (tertiary/aromatic N) is 1. The van der Waals surface area contributed by atoms with E-state index in [1.165, 1.54) is 0 Å². The predicted molar refractivity (Wildman–Crippen MR) is 78.2 cm³/mol. The normalized spacial score (nSPS) is 11.8. The maximum absolute atomic E-state index is 12.1. The molecule has 0 bridgehead atoms. The molecule has 0 aliphatic carbocycles. The van der Waals surface area contributed by atoms with E-state index in [1.54, 1.807) is 24.3 Å². The van der Waals surface area contributed by atoms with Crippen LogP contribution in [0.5, 0.6) is 5.75 Å². The molecule has 0 fully saturated rings. The van der Waals surface area contributed by atoms with Gasteiger partial charge in [0.05, 0.1) is 5.92 Å². The highest BCUT2D eigenvalue weighted by Gasteiger charge is 2.18. The van der Waals surface area contributed by atoms with Crippen molar-refractivity contribution in [1.82, 2.24) is 0 Å². The Morgan fingerprint density at radius 1 is 1.40 bits per heavy atom. The van der Waals surface area contributed by atoms with Crippen LogP contribution in [0.15, 0.2) is 24.3 Å². The number of ether oxygens (including phenoxy) is 1. The van der Waals surface area contributed by atoms with Crippen molar-refractivity contribution in [2.45, 2.75) is 20.3 Å². The summed E-state index contributed by atoms with van der Waals surface area (Å²) in [5.41, 5.74) is 6.34. The van der Waals surface area contributed by atoms with Crippen molar-refractivity contribution in [3.05, 3.63) is 24.3 Å². The van der Waals surface area contributed by atoms with Crippen molar-refractivity contribution in [3.63, 3.8) is 0 Å². The zero-order chi connectivity index (χ0) is 15.0. The molecule has 0 aromatic heterocycles. The van der Waals surface area contributed by atoms with Crippen LogP contribution in [0.2, 0.25) is 0 Å². The molecular weight excluding hydrogens is 254 g/mol. The molecule has 0 saturated heterocycles. The molecule has 0 spiro atoms. The van der Waals surface area contributed by atoms with Crippen LogP contribution >= 0.6 is 0 Å². The van der Waals surface area contributed by atoms with E-state index in [0.29, 0.717) is 23.9 Å². The number of hydrogen-bond acceptors (Lipinski definition) is 4. The van der Waals surface area contributed by atoms with Gasteiger partial charge in [-0.15, -0.1) is 0 Å². The van der Waals surface area contributed by atoms with Gasteiger partial charge in [0.1, 0.15) is 11.8 Å². The summed E-state index contributed by atoms with van der Waals surface area (Å²) in [4.78, 5) is 12.1. The summed E-state index contributed by atoms with van der Waals surface area (Å²) in [7, 11) is 0. The highest BCUT2D eigenvalue weighted by Crippen LogP contribution is 2.18. The van der Waals surface area contributed by atoms with Gasteiger partial charge in [-0.1, -0.05) is 13.8 Å². The Bertz CT molecular complexity index is 463. The maximum atomic E-state index is 12.1. The van der Waals surface area contributed by atoms with Crippen LogP contribution in [-0.2, 0) is 4.79 Å². The van der Waals surface area contributed by atoms with Gasteiger partial charge < -0.3 is 15.8 Å². The molecule has 20 heavy (non-hydrogen) atoms. The molecule has 1 aromatic rings. The molecule has 0 radical (unpaired) electrons. The number of nitriles is 1. The number of hydrogen-bond donors (Lipinski definition) is 2. The number of carbonyl (C=O) groups is 1. The topological polar surface area (TPSA) is 88.1 Å². The fourth-order valence-electron chi connectivity index (χ4n) is 1.87. The fourth-order valence-corrected chi connectivity index (χ4v) is 1.87. The third kappa shape index (κ3) is 5.29. The zero-order valence-electron chi connectivity index (χ0n) is 11.9. The molecule has 5 heteroatoms. The summed E-state index contributed by atoms with van der Waals surface area (Å²) >= 11 is 0. The molecule has 0 aliphatic rings. The Kier molecular flexibility index (Phi) is 6.54. The minimum Gasteiger partial charge on any atom is -0.479 e. The first kappa shape index (κ1) is 16.0. The highest BCUT2D eigenvalue weighted by atomic mass is 16.5. The van der Waals surface area contributed by atoms with Crippen LogP contribution in [0.4, 0.5) is 5.69 Å².